The summed E-state index contributed by atoms with van der Waals surface area (Å²) in [6.07, 6.45) is 6.79. The van der Waals surface area contributed by atoms with Crippen molar-refractivity contribution in [2.45, 2.75) is 39.5 Å². The van der Waals surface area contributed by atoms with Crippen molar-refractivity contribution in [1.82, 2.24) is 0 Å². The van der Waals surface area contributed by atoms with E-state index in [0.717, 1.165) is 13.1 Å². The minimum atomic E-state index is -0.865. The fourth-order valence-corrected chi connectivity index (χ4v) is 1.94. The van der Waals surface area contributed by atoms with Crippen LogP contribution < -0.4 is 0 Å². The van der Waals surface area contributed by atoms with Crippen LogP contribution in [-0.2, 0) is 0 Å². The van der Waals surface area contributed by atoms with Crippen LogP contribution in [-0.4, -0.2) is 32.0 Å². The van der Waals surface area contributed by atoms with Crippen molar-refractivity contribution in [3.05, 3.63) is 12.2 Å². The second-order valence-electron chi connectivity index (χ2n) is 4.58. The molecule has 0 aromatic heterocycles. The lowest BCUT2D eigenvalue weighted by molar-refractivity contribution is -0.509. The van der Waals surface area contributed by atoms with Crippen LogP contribution >= 0.6 is 0 Å². The lowest BCUT2D eigenvalue weighted by Crippen LogP contribution is -2.17. The summed E-state index contributed by atoms with van der Waals surface area (Å²) in [5, 5.41) is 0. The fraction of sp³-hybridized carbons (Fsp3) is 0.727. The molecular weight excluding hydrogens is 174 g/mol. The third kappa shape index (κ3) is 7.97. The quantitative estimate of drug-likeness (QED) is 0.276. The van der Waals surface area contributed by atoms with Gasteiger partial charge in [-0.05, 0) is 19.0 Å². The van der Waals surface area contributed by atoms with Gasteiger partial charge in [0.05, 0.1) is 0 Å². The van der Waals surface area contributed by atoms with Crippen LogP contribution in [0, 0.1) is 0 Å². The highest BCUT2D eigenvalue weighted by molar-refractivity contribution is 6.76. The summed E-state index contributed by atoms with van der Waals surface area (Å²) >= 11 is 0. The summed E-state index contributed by atoms with van der Waals surface area (Å²) in [5.74, 6) is 0. The van der Waals surface area contributed by atoms with Crippen LogP contribution in [0.2, 0.25) is 25.7 Å². The Kier molecular flexibility index (Phi) is 5.96. The van der Waals surface area contributed by atoms with Crippen molar-refractivity contribution in [1.29, 1.82) is 0 Å². The van der Waals surface area contributed by atoms with Gasteiger partial charge >= 0.3 is 0 Å². The molecule has 0 atom stereocenters. The first kappa shape index (κ1) is 12.6. The number of hydrogen-bond donors (Lipinski definition) is 0. The minimum Gasteiger partial charge on any atom is -0.236 e. The number of likely N-dealkylation sites (N-methyl/N-ethyl adjacent to an activating group) is 1. The van der Waals surface area contributed by atoms with Crippen LogP contribution in [0.3, 0.4) is 0 Å². The van der Waals surface area contributed by atoms with E-state index >= 15 is 0 Å². The molecule has 0 rings (SSSR count). The van der Waals surface area contributed by atoms with E-state index in [4.69, 9.17) is 0 Å². The van der Waals surface area contributed by atoms with Crippen molar-refractivity contribution < 1.29 is 4.58 Å². The highest BCUT2D eigenvalue weighted by Gasteiger charge is 2.09. The molecule has 0 aliphatic rings. The second-order valence-corrected chi connectivity index (χ2v) is 10.1. The molecule has 2 heteroatoms. The molecule has 0 N–H and O–H groups in total. The first-order chi connectivity index (χ1) is 5.99. The van der Waals surface area contributed by atoms with Crippen molar-refractivity contribution >= 4 is 14.3 Å². The Bertz CT molecular complexity index is 187. The van der Waals surface area contributed by atoms with E-state index in [2.05, 4.69) is 56.4 Å². The Morgan fingerprint density at radius 1 is 1.15 bits per heavy atom. The Labute approximate surface area is 84.2 Å². The Balaban J connectivity index is 3.76. The van der Waals surface area contributed by atoms with Crippen LogP contribution in [0.25, 0.3) is 0 Å². The molecule has 0 unspecified atom stereocenters. The van der Waals surface area contributed by atoms with E-state index in [9.17, 15) is 0 Å². The van der Waals surface area contributed by atoms with E-state index in [1.807, 2.05) is 0 Å². The van der Waals surface area contributed by atoms with Crippen LogP contribution in [0.5, 0.6) is 0 Å². The average Bonchev–Trinajstić information content (AvgIpc) is 2.03. The molecular formula is C11H24NSi+. The number of nitrogens with zero attached hydrogens (tertiary/aromatic N) is 1. The molecule has 0 fully saturated rings. The van der Waals surface area contributed by atoms with Gasteiger partial charge in [-0.25, -0.2) is 4.58 Å². The fourth-order valence-electron chi connectivity index (χ4n) is 1.06. The van der Waals surface area contributed by atoms with Crippen LogP contribution in [0.1, 0.15) is 13.8 Å². The third-order valence-electron chi connectivity index (χ3n) is 2.01. The summed E-state index contributed by atoms with van der Waals surface area (Å²) in [5.41, 5.74) is 0. The average molecular weight is 198 g/mol. The summed E-state index contributed by atoms with van der Waals surface area (Å²) in [7, 11) is -0.865. The maximum atomic E-state index is 2.40. The van der Waals surface area contributed by atoms with E-state index in [1.54, 1.807) is 0 Å². The second kappa shape index (κ2) is 6.14. The monoisotopic (exact) mass is 198 g/mol. The molecule has 0 amide bonds. The topological polar surface area (TPSA) is 3.01 Å². The normalized spacial score (nSPS) is 14.1. The maximum absolute atomic E-state index is 2.40. The highest BCUT2D eigenvalue weighted by atomic mass is 28.3. The van der Waals surface area contributed by atoms with Gasteiger partial charge in [0.25, 0.3) is 0 Å². The van der Waals surface area contributed by atoms with Gasteiger partial charge < -0.3 is 0 Å². The van der Waals surface area contributed by atoms with Gasteiger partial charge in [-0.3, -0.25) is 0 Å². The SMILES string of the molecule is CC=[N+](CC)C/C=C/C[Si](C)(C)C. The van der Waals surface area contributed by atoms with Gasteiger partial charge in [-0.2, -0.15) is 0 Å². The van der Waals surface area contributed by atoms with Crippen molar-refractivity contribution in [2.75, 3.05) is 13.1 Å². The molecule has 0 heterocycles. The number of hydrogen-bond acceptors (Lipinski definition) is 0. The summed E-state index contributed by atoms with van der Waals surface area (Å²) in [6.45, 7) is 13.7. The van der Waals surface area contributed by atoms with Crippen molar-refractivity contribution in [3.8, 4) is 0 Å². The molecule has 0 aliphatic carbocycles. The molecule has 0 aromatic carbocycles. The van der Waals surface area contributed by atoms with Crippen molar-refractivity contribution in [2.24, 2.45) is 0 Å². The smallest absolute Gasteiger partial charge is 0.161 e. The molecule has 76 valence electrons. The zero-order valence-electron chi connectivity index (χ0n) is 9.80. The molecule has 0 saturated carbocycles. The number of allylic oxidation sites excluding steroid dienone is 1. The van der Waals surface area contributed by atoms with Crippen molar-refractivity contribution in [3.63, 3.8) is 0 Å². The summed E-state index contributed by atoms with van der Waals surface area (Å²) in [6, 6.07) is 1.30. The van der Waals surface area contributed by atoms with Gasteiger partial charge in [-0.15, -0.1) is 0 Å². The maximum Gasteiger partial charge on any atom is 0.161 e. The first-order valence-corrected chi connectivity index (χ1v) is 8.89. The third-order valence-corrected chi connectivity index (χ3v) is 3.47. The lowest BCUT2D eigenvalue weighted by Gasteiger charge is -2.11. The van der Waals surface area contributed by atoms with Gasteiger partial charge in [0.2, 0.25) is 0 Å². The van der Waals surface area contributed by atoms with Gasteiger partial charge in [-0.1, -0.05) is 25.7 Å². The standard InChI is InChI=1S/C11H24NSi/c1-6-12(7-2)10-8-9-11-13(3,4)5/h6,8-9H,7,10-11H2,1-5H3/q+1/b9-8+,12-6?. The van der Waals surface area contributed by atoms with E-state index < -0.39 is 8.07 Å². The lowest BCUT2D eigenvalue weighted by atomic mass is 10.5. The van der Waals surface area contributed by atoms with E-state index in [1.165, 1.54) is 6.04 Å². The van der Waals surface area contributed by atoms with Crippen LogP contribution in [0.4, 0.5) is 0 Å². The van der Waals surface area contributed by atoms with Gasteiger partial charge in [0.1, 0.15) is 12.8 Å². The predicted molar refractivity (Wildman–Crippen MR) is 64.7 cm³/mol. The molecule has 0 saturated heterocycles. The molecule has 0 bridgehead atoms. The van der Waals surface area contributed by atoms with Crippen LogP contribution in [0.15, 0.2) is 12.2 Å². The number of rotatable bonds is 5. The summed E-state index contributed by atoms with van der Waals surface area (Å²) in [4.78, 5) is 0. The Morgan fingerprint density at radius 3 is 2.15 bits per heavy atom. The van der Waals surface area contributed by atoms with E-state index in [-0.39, 0.29) is 0 Å². The Morgan fingerprint density at radius 2 is 1.77 bits per heavy atom. The zero-order chi connectivity index (χ0) is 10.3. The van der Waals surface area contributed by atoms with Gasteiger partial charge in [0.15, 0.2) is 6.54 Å². The predicted octanol–water partition coefficient (Wildman–Crippen LogP) is 3.00. The molecule has 0 spiro atoms. The molecule has 1 nitrogen and oxygen atoms in total. The highest BCUT2D eigenvalue weighted by Crippen LogP contribution is 2.07. The molecule has 0 aromatic rings. The van der Waals surface area contributed by atoms with Gasteiger partial charge in [0, 0.05) is 15.0 Å². The molecule has 0 aliphatic heterocycles. The molecule has 13 heavy (non-hydrogen) atoms. The Hall–Kier alpha value is -0.373. The first-order valence-electron chi connectivity index (χ1n) is 5.18. The molecule has 0 radical (unpaired) electrons. The minimum absolute atomic E-state index is 0.865. The summed E-state index contributed by atoms with van der Waals surface area (Å²) < 4.78 is 2.31. The zero-order valence-corrected chi connectivity index (χ0v) is 10.8. The van der Waals surface area contributed by atoms with E-state index in [0.29, 0.717) is 0 Å². The largest absolute Gasteiger partial charge is 0.236 e.